The highest BCUT2D eigenvalue weighted by Gasteiger charge is 2.64. The van der Waals surface area contributed by atoms with E-state index >= 15 is 0 Å². The largest absolute Gasteiger partial charge is 0.370 e. The number of carbonyl (C=O) groups excluding carboxylic acids is 3. The molecule has 15 atom stereocenters. The first-order chi connectivity index (χ1) is 22.2. The molecule has 0 bridgehead atoms. The van der Waals surface area contributed by atoms with Crippen LogP contribution >= 0.6 is 0 Å². The van der Waals surface area contributed by atoms with E-state index in [0.717, 1.165) is 80.1 Å². The first-order valence-electron chi connectivity index (χ1n) is 20.4. The molecule has 0 radical (unpaired) electrons. The van der Waals surface area contributed by atoms with Crippen LogP contribution in [0.25, 0.3) is 0 Å². The Kier molecular flexibility index (Phi) is 7.92. The first kappa shape index (κ1) is 33.1. The molecular formula is C43H66O4. The third-order valence-corrected chi connectivity index (χ3v) is 18.8. The Morgan fingerprint density at radius 3 is 1.57 bits per heavy atom. The number of hydrogen-bond acceptors (Lipinski definition) is 4. The lowest BCUT2D eigenvalue weighted by atomic mass is 9.44. The summed E-state index contributed by atoms with van der Waals surface area (Å²) in [7, 11) is 0. The van der Waals surface area contributed by atoms with Crippen molar-refractivity contribution in [1.29, 1.82) is 0 Å². The lowest BCUT2D eigenvalue weighted by molar-refractivity contribution is -0.143. The van der Waals surface area contributed by atoms with E-state index in [2.05, 4.69) is 27.7 Å². The quantitative estimate of drug-likeness (QED) is 0.280. The number of carbonyl (C=O) groups is 3. The monoisotopic (exact) mass is 646 g/mol. The molecule has 8 aliphatic carbocycles. The van der Waals surface area contributed by atoms with Gasteiger partial charge >= 0.3 is 0 Å². The van der Waals surface area contributed by atoms with Crippen molar-refractivity contribution in [2.24, 2.45) is 80.8 Å². The summed E-state index contributed by atoms with van der Waals surface area (Å²) in [6, 6.07) is 0. The number of fused-ring (bicyclic) bond motifs is 10. The Labute approximate surface area is 286 Å². The molecule has 47 heavy (non-hydrogen) atoms. The van der Waals surface area contributed by atoms with Crippen molar-refractivity contribution in [3.05, 3.63) is 0 Å². The van der Waals surface area contributed by atoms with E-state index in [4.69, 9.17) is 4.74 Å². The molecule has 8 saturated carbocycles. The van der Waals surface area contributed by atoms with Gasteiger partial charge in [-0.3, -0.25) is 14.4 Å². The number of epoxide rings is 1. The van der Waals surface area contributed by atoms with Crippen molar-refractivity contribution in [3.8, 4) is 0 Å². The van der Waals surface area contributed by atoms with Crippen LogP contribution in [0, 0.1) is 80.8 Å². The molecule has 0 aromatic heterocycles. The van der Waals surface area contributed by atoms with Gasteiger partial charge in [-0.2, -0.15) is 0 Å². The van der Waals surface area contributed by atoms with Gasteiger partial charge in [0.05, 0.1) is 12.2 Å². The molecule has 4 unspecified atom stereocenters. The molecule has 1 aliphatic heterocycles. The predicted molar refractivity (Wildman–Crippen MR) is 185 cm³/mol. The third-order valence-electron chi connectivity index (χ3n) is 18.8. The van der Waals surface area contributed by atoms with Crippen LogP contribution in [0.1, 0.15) is 157 Å². The van der Waals surface area contributed by atoms with Crippen molar-refractivity contribution in [2.45, 2.75) is 163 Å². The number of hydrogen-bond donors (Lipinski definition) is 0. The fourth-order valence-electron chi connectivity index (χ4n) is 16.1. The maximum absolute atomic E-state index is 12.2. The number of ether oxygens (including phenoxy) is 1. The number of Topliss-reactive ketones (excluding diaryl/α,β-unsaturated/α-hetero) is 3. The molecule has 0 aromatic rings. The Morgan fingerprint density at radius 1 is 0.574 bits per heavy atom. The van der Waals surface area contributed by atoms with Crippen molar-refractivity contribution in [2.75, 3.05) is 6.61 Å². The maximum Gasteiger partial charge on any atom is 0.133 e. The zero-order valence-electron chi connectivity index (χ0n) is 30.8. The van der Waals surface area contributed by atoms with Gasteiger partial charge in [0.15, 0.2) is 0 Å². The average Bonchev–Trinajstić information content (AvgIpc) is 3.52. The topological polar surface area (TPSA) is 63.7 Å². The molecule has 9 aliphatic rings. The zero-order chi connectivity index (χ0) is 33.1. The number of ketones is 3. The van der Waals surface area contributed by atoms with Crippen LogP contribution in [0.5, 0.6) is 0 Å². The van der Waals surface area contributed by atoms with Gasteiger partial charge < -0.3 is 4.74 Å². The van der Waals surface area contributed by atoms with Gasteiger partial charge in [0.1, 0.15) is 17.3 Å². The van der Waals surface area contributed by atoms with Crippen LogP contribution in [0.15, 0.2) is 0 Å². The lowest BCUT2D eigenvalue weighted by Gasteiger charge is -2.61. The van der Waals surface area contributed by atoms with Gasteiger partial charge in [0, 0.05) is 24.7 Å². The predicted octanol–water partition coefficient (Wildman–Crippen LogP) is 9.81. The minimum atomic E-state index is 0.265. The van der Waals surface area contributed by atoms with E-state index in [9.17, 15) is 14.4 Å². The van der Waals surface area contributed by atoms with Crippen LogP contribution in [-0.4, -0.2) is 29.6 Å². The Bertz CT molecular complexity index is 1300. The van der Waals surface area contributed by atoms with E-state index in [1.807, 2.05) is 13.8 Å². The molecule has 1 saturated heterocycles. The summed E-state index contributed by atoms with van der Waals surface area (Å²) in [6.45, 7) is 14.7. The summed E-state index contributed by atoms with van der Waals surface area (Å²) in [5, 5.41) is 0. The van der Waals surface area contributed by atoms with E-state index in [0.29, 0.717) is 56.9 Å². The molecule has 0 N–H and O–H groups in total. The molecule has 9 rings (SSSR count). The van der Waals surface area contributed by atoms with Crippen molar-refractivity contribution in [3.63, 3.8) is 0 Å². The van der Waals surface area contributed by atoms with Crippen LogP contribution < -0.4 is 0 Å². The first-order valence-corrected chi connectivity index (χ1v) is 20.4. The highest BCUT2D eigenvalue weighted by Crippen LogP contribution is 2.70. The standard InChI is InChI=1S/C22H34O2.C21H32O2/c1-14(23)17-6-7-18-16-5-4-15-12-22(13-24-22)11-10-20(15,2)19(16)8-9-21(17,18)3;1-13(22)17-6-7-18-16-5-4-14-12-15(23)8-10-20(14,2)19(16)9-11-21(17,18)3/h15-19H,4-13H2,1-3H3;14,16-19H,4-12H2,1-3H3/t15?,16-,17+,18-,19?,20-,21+,22+;14?,16-,17+,18-,19?,20-,21+/m00/s1. The lowest BCUT2D eigenvalue weighted by Crippen LogP contribution is -2.54. The molecule has 0 amide bonds. The molecule has 4 nitrogen and oxygen atoms in total. The molecule has 262 valence electrons. The normalized spacial score (nSPS) is 55.7. The van der Waals surface area contributed by atoms with Crippen LogP contribution in [-0.2, 0) is 19.1 Å². The molecule has 1 heterocycles. The second-order valence-electron chi connectivity index (χ2n) is 20.3. The zero-order valence-corrected chi connectivity index (χ0v) is 30.8. The summed E-state index contributed by atoms with van der Waals surface area (Å²) < 4.78 is 5.86. The maximum atomic E-state index is 12.2. The summed E-state index contributed by atoms with van der Waals surface area (Å²) >= 11 is 0. The fraction of sp³-hybridized carbons (Fsp3) is 0.930. The highest BCUT2D eigenvalue weighted by atomic mass is 16.6. The van der Waals surface area contributed by atoms with Gasteiger partial charge in [-0.05, 0) is 186 Å². The van der Waals surface area contributed by atoms with Gasteiger partial charge in [-0.15, -0.1) is 0 Å². The van der Waals surface area contributed by atoms with E-state index in [-0.39, 0.29) is 5.41 Å². The smallest absolute Gasteiger partial charge is 0.133 e. The highest BCUT2D eigenvalue weighted by molar-refractivity contribution is 5.80. The second kappa shape index (κ2) is 11.2. The Hall–Kier alpha value is -1.03. The average molecular weight is 647 g/mol. The van der Waals surface area contributed by atoms with Crippen molar-refractivity contribution >= 4 is 17.3 Å². The molecular weight excluding hydrogens is 580 g/mol. The summed E-state index contributed by atoms with van der Waals surface area (Å²) in [6.07, 6.45) is 22.3. The summed E-state index contributed by atoms with van der Waals surface area (Å²) in [5.41, 5.74) is 1.84. The van der Waals surface area contributed by atoms with Gasteiger partial charge in [0.25, 0.3) is 0 Å². The Balaban J connectivity index is 0.000000138. The number of rotatable bonds is 2. The SMILES string of the molecule is CC(=O)[C@H]1CC[C@H]2[C@@H]3CCC4CC(=O)CC[C@]4(C)C3CC[C@]12C.CC(=O)[C@H]1CC[C@H]2[C@@H]3CCC4C[C@]5(CC[C@]4(C)C3CC[C@]12C)CO5. The summed E-state index contributed by atoms with van der Waals surface area (Å²) in [5.74, 6) is 8.58. The van der Waals surface area contributed by atoms with Crippen LogP contribution in [0.2, 0.25) is 0 Å². The second-order valence-corrected chi connectivity index (χ2v) is 20.3. The van der Waals surface area contributed by atoms with Gasteiger partial charge in [-0.1, -0.05) is 27.7 Å². The van der Waals surface area contributed by atoms with Crippen molar-refractivity contribution in [1.82, 2.24) is 0 Å². The van der Waals surface area contributed by atoms with Crippen LogP contribution in [0.4, 0.5) is 0 Å². The summed E-state index contributed by atoms with van der Waals surface area (Å²) in [4.78, 5) is 36.3. The Morgan fingerprint density at radius 2 is 1.06 bits per heavy atom. The van der Waals surface area contributed by atoms with Gasteiger partial charge in [-0.25, -0.2) is 0 Å². The minimum Gasteiger partial charge on any atom is -0.370 e. The molecule has 1 spiro atoms. The molecule has 4 heteroatoms. The van der Waals surface area contributed by atoms with Crippen LogP contribution in [0.3, 0.4) is 0 Å². The third kappa shape index (κ3) is 4.92. The van der Waals surface area contributed by atoms with E-state index < -0.39 is 0 Å². The van der Waals surface area contributed by atoms with Crippen molar-refractivity contribution < 1.29 is 19.1 Å². The minimum absolute atomic E-state index is 0.265. The fourth-order valence-corrected chi connectivity index (χ4v) is 16.1. The van der Waals surface area contributed by atoms with E-state index in [1.165, 1.54) is 83.5 Å². The van der Waals surface area contributed by atoms with Gasteiger partial charge in [0.2, 0.25) is 0 Å². The van der Waals surface area contributed by atoms with E-state index in [1.54, 1.807) is 0 Å². The molecule has 0 aromatic carbocycles. The molecule has 9 fully saturated rings.